The topological polar surface area (TPSA) is 64.6 Å². The first-order valence-corrected chi connectivity index (χ1v) is 19.6. The summed E-state index contributed by atoms with van der Waals surface area (Å²) in [7, 11) is 1.76. The molecule has 45 heavy (non-hydrogen) atoms. The normalized spacial score (nSPS) is 13.9. The van der Waals surface area contributed by atoms with Crippen LogP contribution in [0, 0.1) is 5.92 Å². The van der Waals surface area contributed by atoms with Crippen LogP contribution in [0.4, 0.5) is 0 Å². The second-order valence-electron chi connectivity index (χ2n) is 14.7. The fraction of sp³-hybridized carbons (Fsp3) is 0.950. The van der Waals surface area contributed by atoms with E-state index in [0.29, 0.717) is 32.4 Å². The molecule has 0 bridgehead atoms. The van der Waals surface area contributed by atoms with Crippen molar-refractivity contribution in [3.63, 3.8) is 0 Å². The molecule has 1 amide bonds. The lowest BCUT2D eigenvalue weighted by atomic mass is 9.91. The molecule has 1 N–H and O–H groups in total. The van der Waals surface area contributed by atoms with Gasteiger partial charge in [0.1, 0.15) is 5.78 Å². The molecule has 0 aliphatic rings. The van der Waals surface area contributed by atoms with Crippen LogP contribution in [0.5, 0.6) is 0 Å². The number of methoxy groups -OCH3 is 1. The van der Waals surface area contributed by atoms with Crippen molar-refractivity contribution in [2.45, 2.75) is 220 Å². The van der Waals surface area contributed by atoms with Gasteiger partial charge in [0.15, 0.2) is 0 Å². The van der Waals surface area contributed by atoms with Gasteiger partial charge in [-0.25, -0.2) is 0 Å². The Morgan fingerprint density at radius 1 is 0.622 bits per heavy atom. The molecule has 268 valence electrons. The molecule has 0 saturated carbocycles. The maximum Gasteiger partial charge on any atom is 0.230 e. The number of unbranched alkanes of at least 4 members (excludes halogenated alkanes) is 19. The number of carbonyl (C=O) groups is 2. The number of rotatable bonds is 34. The standard InChI is InChI=1S/C40H79NO4/c1-8-11-13-15-17-19-21-23-25-27-29-31-37(42)36(30-28-26-24-22-20-18-16-14-12-9-2)38(43)41-34-32-39(4,5)45-35-33-40(6,10-3)44-7/h36H,8-35H2,1-7H3,(H,41,43). The van der Waals surface area contributed by atoms with Gasteiger partial charge in [-0.2, -0.15) is 0 Å². The second kappa shape index (κ2) is 29.2. The minimum absolute atomic E-state index is 0.0762. The first kappa shape index (κ1) is 44.1. The molecule has 5 nitrogen and oxygen atoms in total. The van der Waals surface area contributed by atoms with Crippen LogP contribution in [-0.4, -0.2) is 43.2 Å². The van der Waals surface area contributed by atoms with Crippen LogP contribution < -0.4 is 5.32 Å². The van der Waals surface area contributed by atoms with Gasteiger partial charge in [0.05, 0.1) is 23.7 Å². The molecule has 5 heteroatoms. The number of Topliss-reactive ketones (excluding diaryl/α,β-unsaturated/α-hetero) is 1. The fourth-order valence-corrected chi connectivity index (χ4v) is 6.06. The lowest BCUT2D eigenvalue weighted by Crippen LogP contribution is -2.39. The van der Waals surface area contributed by atoms with E-state index in [1.165, 1.54) is 109 Å². The Morgan fingerprint density at radius 3 is 1.51 bits per heavy atom. The van der Waals surface area contributed by atoms with Crippen LogP contribution in [0.15, 0.2) is 0 Å². The van der Waals surface area contributed by atoms with Crippen molar-refractivity contribution in [2.24, 2.45) is 5.92 Å². The van der Waals surface area contributed by atoms with Gasteiger partial charge in [-0.3, -0.25) is 9.59 Å². The summed E-state index contributed by atoms with van der Waals surface area (Å²) in [4.78, 5) is 26.6. The minimum Gasteiger partial charge on any atom is -0.378 e. The van der Waals surface area contributed by atoms with Crippen molar-refractivity contribution in [3.05, 3.63) is 0 Å². The predicted octanol–water partition coefficient (Wildman–Crippen LogP) is 11.7. The van der Waals surface area contributed by atoms with Gasteiger partial charge in [0, 0.05) is 20.1 Å². The Labute approximate surface area is 281 Å². The molecule has 0 aliphatic carbocycles. The maximum atomic E-state index is 13.3. The summed E-state index contributed by atoms with van der Waals surface area (Å²) < 4.78 is 11.8. The van der Waals surface area contributed by atoms with Crippen molar-refractivity contribution >= 4 is 11.7 Å². The SMILES string of the molecule is CCCCCCCCCCCCCC(=O)C(CCCCCCCCCCCC)C(=O)NCCC(C)(C)OCCC(C)(CC)OC. The highest BCUT2D eigenvalue weighted by Gasteiger charge is 2.27. The molecule has 0 aromatic heterocycles. The average Bonchev–Trinajstić information content (AvgIpc) is 3.02. The molecule has 2 atom stereocenters. The molecule has 2 unspecified atom stereocenters. The molecule has 0 radical (unpaired) electrons. The molecule has 0 aliphatic heterocycles. The fourth-order valence-electron chi connectivity index (χ4n) is 6.06. The highest BCUT2D eigenvalue weighted by Crippen LogP contribution is 2.22. The zero-order valence-electron chi connectivity index (χ0n) is 31.5. The number of nitrogens with one attached hydrogen (secondary N) is 1. The van der Waals surface area contributed by atoms with E-state index in [4.69, 9.17) is 9.47 Å². The molecular weight excluding hydrogens is 558 g/mol. The predicted molar refractivity (Wildman–Crippen MR) is 194 cm³/mol. The van der Waals surface area contributed by atoms with Crippen LogP contribution in [0.2, 0.25) is 0 Å². The first-order valence-electron chi connectivity index (χ1n) is 19.6. The second-order valence-corrected chi connectivity index (χ2v) is 14.7. The summed E-state index contributed by atoms with van der Waals surface area (Å²) >= 11 is 0. The smallest absolute Gasteiger partial charge is 0.230 e. The van der Waals surface area contributed by atoms with Crippen LogP contribution in [0.3, 0.4) is 0 Å². The van der Waals surface area contributed by atoms with Crippen molar-refractivity contribution in [2.75, 3.05) is 20.3 Å². The van der Waals surface area contributed by atoms with Gasteiger partial charge in [-0.15, -0.1) is 0 Å². The maximum absolute atomic E-state index is 13.3. The zero-order chi connectivity index (χ0) is 33.7. The summed E-state index contributed by atoms with van der Waals surface area (Å²) in [6.07, 6.45) is 30.2. The van der Waals surface area contributed by atoms with Gasteiger partial charge < -0.3 is 14.8 Å². The highest BCUT2D eigenvalue weighted by atomic mass is 16.5. The van der Waals surface area contributed by atoms with Crippen molar-refractivity contribution in [1.29, 1.82) is 0 Å². The summed E-state index contributed by atoms with van der Waals surface area (Å²) in [6, 6.07) is 0. The number of hydrogen-bond donors (Lipinski definition) is 1. The number of carbonyl (C=O) groups excluding carboxylic acids is 2. The molecule has 0 saturated heterocycles. The third kappa shape index (κ3) is 25.8. The summed E-state index contributed by atoms with van der Waals surface area (Å²) in [5, 5.41) is 3.11. The van der Waals surface area contributed by atoms with E-state index in [1.807, 2.05) is 0 Å². The molecule has 0 rings (SSSR count). The molecule has 0 aromatic rings. The number of hydrogen-bond acceptors (Lipinski definition) is 4. The Kier molecular flexibility index (Phi) is 28.6. The Hall–Kier alpha value is -0.940. The van der Waals surface area contributed by atoms with Crippen LogP contribution in [0.1, 0.15) is 208 Å². The van der Waals surface area contributed by atoms with E-state index in [9.17, 15) is 9.59 Å². The Bertz CT molecular complexity index is 688. The van der Waals surface area contributed by atoms with E-state index in [2.05, 4.69) is 46.9 Å². The van der Waals surface area contributed by atoms with E-state index >= 15 is 0 Å². The van der Waals surface area contributed by atoms with Crippen LogP contribution in [0.25, 0.3) is 0 Å². The molecule has 0 aromatic carbocycles. The number of ether oxygens (including phenoxy) is 2. The number of amides is 1. The summed E-state index contributed by atoms with van der Waals surface area (Å²) in [5.74, 6) is -0.431. The van der Waals surface area contributed by atoms with Gasteiger partial charge in [0.25, 0.3) is 0 Å². The quantitative estimate of drug-likeness (QED) is 0.0563. The average molecular weight is 638 g/mol. The van der Waals surface area contributed by atoms with Gasteiger partial charge in [-0.1, -0.05) is 149 Å². The van der Waals surface area contributed by atoms with E-state index < -0.39 is 5.92 Å². The summed E-state index contributed by atoms with van der Waals surface area (Å²) in [6.45, 7) is 14.1. The van der Waals surface area contributed by atoms with Crippen molar-refractivity contribution < 1.29 is 19.1 Å². The summed E-state index contributed by atoms with van der Waals surface area (Å²) in [5.41, 5.74) is -0.512. The third-order valence-electron chi connectivity index (χ3n) is 9.97. The van der Waals surface area contributed by atoms with E-state index in [0.717, 1.165) is 38.5 Å². The molecular formula is C40H79NO4. The van der Waals surface area contributed by atoms with E-state index in [1.54, 1.807) is 7.11 Å². The van der Waals surface area contributed by atoms with Crippen molar-refractivity contribution in [3.8, 4) is 0 Å². The Morgan fingerprint density at radius 2 is 1.07 bits per heavy atom. The molecule has 0 heterocycles. The minimum atomic E-state index is -0.502. The van der Waals surface area contributed by atoms with Gasteiger partial charge >= 0.3 is 0 Å². The highest BCUT2D eigenvalue weighted by molar-refractivity contribution is 6.01. The zero-order valence-corrected chi connectivity index (χ0v) is 31.5. The van der Waals surface area contributed by atoms with Crippen LogP contribution in [-0.2, 0) is 19.1 Å². The Balaban J connectivity index is 4.59. The van der Waals surface area contributed by atoms with Crippen molar-refractivity contribution in [1.82, 2.24) is 5.32 Å². The van der Waals surface area contributed by atoms with Crippen LogP contribution >= 0.6 is 0 Å². The molecule has 0 spiro atoms. The monoisotopic (exact) mass is 638 g/mol. The molecule has 0 fully saturated rings. The largest absolute Gasteiger partial charge is 0.378 e. The van der Waals surface area contributed by atoms with E-state index in [-0.39, 0.29) is 22.9 Å². The third-order valence-corrected chi connectivity index (χ3v) is 9.97. The first-order chi connectivity index (χ1) is 21.6. The van der Waals surface area contributed by atoms with Gasteiger partial charge in [0.2, 0.25) is 5.91 Å². The lowest BCUT2D eigenvalue weighted by molar-refractivity contribution is -0.134. The van der Waals surface area contributed by atoms with Gasteiger partial charge in [-0.05, 0) is 52.9 Å². The number of ketones is 1. The lowest BCUT2D eigenvalue weighted by Gasteiger charge is -2.30.